The number of ether oxygens (including phenoxy) is 1. The lowest BCUT2D eigenvalue weighted by Crippen LogP contribution is -2.65. The van der Waals surface area contributed by atoms with Gasteiger partial charge in [0.1, 0.15) is 0 Å². The Balaban J connectivity index is 1.51. The smallest absolute Gasteiger partial charge is 0.0735 e. The molecule has 0 aromatic carbocycles. The van der Waals surface area contributed by atoms with Crippen molar-refractivity contribution >= 4 is 0 Å². The largest absolute Gasteiger partial charge is 0.372 e. The number of nitrogens with zero attached hydrogens (tertiary/aromatic N) is 1. The zero-order valence-corrected chi connectivity index (χ0v) is 15.4. The summed E-state index contributed by atoms with van der Waals surface area (Å²) >= 11 is 0. The summed E-state index contributed by atoms with van der Waals surface area (Å²) in [4.78, 5) is 3.05. The summed E-state index contributed by atoms with van der Waals surface area (Å²) in [6.45, 7) is 4.85. The average molecular weight is 320 g/mol. The van der Waals surface area contributed by atoms with Gasteiger partial charge in [0.15, 0.2) is 0 Å². The molecule has 4 unspecified atom stereocenters. The predicted octanol–water partition coefficient (Wildman–Crippen LogP) is 5.16. The van der Waals surface area contributed by atoms with Crippen LogP contribution in [0.15, 0.2) is 0 Å². The number of rotatable bonds is 2. The molecule has 23 heavy (non-hydrogen) atoms. The summed E-state index contributed by atoms with van der Waals surface area (Å²) < 4.78 is 6.63. The second-order valence-electron chi connectivity index (χ2n) is 9.18. The van der Waals surface area contributed by atoms with Crippen molar-refractivity contribution in [3.05, 3.63) is 0 Å². The third-order valence-corrected chi connectivity index (χ3v) is 7.56. The highest BCUT2D eigenvalue weighted by Gasteiger charge is 2.47. The minimum atomic E-state index is 0.561. The Bertz CT molecular complexity index is 365. The molecule has 2 heteroatoms. The summed E-state index contributed by atoms with van der Waals surface area (Å²) in [5.74, 6) is 1.86. The van der Waals surface area contributed by atoms with Gasteiger partial charge in [0.05, 0.1) is 12.2 Å². The lowest BCUT2D eigenvalue weighted by atomic mass is 9.76. The van der Waals surface area contributed by atoms with E-state index in [1.807, 2.05) is 0 Å². The third kappa shape index (κ3) is 3.23. The molecule has 2 nitrogen and oxygen atoms in total. The van der Waals surface area contributed by atoms with Crippen LogP contribution in [0.25, 0.3) is 0 Å². The van der Waals surface area contributed by atoms with Crippen LogP contribution >= 0.6 is 0 Å². The fourth-order valence-corrected chi connectivity index (χ4v) is 6.23. The number of hydrogen-bond donors (Lipinski definition) is 0. The monoisotopic (exact) mass is 319 g/mol. The zero-order chi connectivity index (χ0) is 15.8. The highest BCUT2D eigenvalue weighted by atomic mass is 16.5. The Morgan fingerprint density at radius 2 is 1.22 bits per heavy atom. The standard InChI is InChI=1S/C21H37NO/c1-15(2)16-11-13-17(14-12-16)22-18-7-3-5-9-20(18)23-21-10-6-4-8-19(21)22/h15-21H,3-14H2,1-2H3. The average Bonchev–Trinajstić information content (AvgIpc) is 2.59. The van der Waals surface area contributed by atoms with E-state index in [0.29, 0.717) is 12.2 Å². The first-order valence-corrected chi connectivity index (χ1v) is 10.7. The lowest BCUT2D eigenvalue weighted by molar-refractivity contribution is -0.190. The van der Waals surface area contributed by atoms with Gasteiger partial charge in [-0.2, -0.15) is 0 Å². The molecule has 0 N–H and O–H groups in total. The van der Waals surface area contributed by atoms with E-state index in [-0.39, 0.29) is 0 Å². The summed E-state index contributed by atoms with van der Waals surface area (Å²) in [5.41, 5.74) is 0. The normalized spacial score (nSPS) is 45.5. The van der Waals surface area contributed by atoms with Crippen LogP contribution in [0.3, 0.4) is 0 Å². The quantitative estimate of drug-likeness (QED) is 0.697. The molecule has 4 atom stereocenters. The summed E-state index contributed by atoms with van der Waals surface area (Å²) in [6.07, 6.45) is 18.1. The van der Waals surface area contributed by atoms with Gasteiger partial charge in [-0.1, -0.05) is 39.5 Å². The molecule has 0 spiro atoms. The molecule has 0 aromatic rings. The fraction of sp³-hybridized carbons (Fsp3) is 1.00. The van der Waals surface area contributed by atoms with E-state index in [4.69, 9.17) is 4.74 Å². The van der Waals surface area contributed by atoms with Crippen LogP contribution in [0.2, 0.25) is 0 Å². The Morgan fingerprint density at radius 3 is 1.74 bits per heavy atom. The van der Waals surface area contributed by atoms with Gasteiger partial charge in [0.25, 0.3) is 0 Å². The first-order chi connectivity index (χ1) is 11.2. The second-order valence-corrected chi connectivity index (χ2v) is 9.18. The zero-order valence-electron chi connectivity index (χ0n) is 15.4. The van der Waals surface area contributed by atoms with Crippen molar-refractivity contribution in [2.45, 2.75) is 121 Å². The number of hydrogen-bond acceptors (Lipinski definition) is 2. The van der Waals surface area contributed by atoms with Crippen LogP contribution < -0.4 is 0 Å². The topological polar surface area (TPSA) is 12.5 Å². The molecule has 0 amide bonds. The number of fused-ring (bicyclic) bond motifs is 2. The molecular weight excluding hydrogens is 282 g/mol. The van der Waals surface area contributed by atoms with E-state index >= 15 is 0 Å². The lowest BCUT2D eigenvalue weighted by Gasteiger charge is -2.57. The Morgan fingerprint density at radius 1 is 0.696 bits per heavy atom. The van der Waals surface area contributed by atoms with Crippen LogP contribution in [-0.4, -0.2) is 35.2 Å². The molecule has 1 heterocycles. The maximum Gasteiger partial charge on any atom is 0.0735 e. The van der Waals surface area contributed by atoms with Gasteiger partial charge in [0.2, 0.25) is 0 Å². The van der Waals surface area contributed by atoms with Gasteiger partial charge < -0.3 is 4.74 Å². The third-order valence-electron chi connectivity index (χ3n) is 7.56. The molecule has 4 aliphatic rings. The number of morpholine rings is 1. The van der Waals surface area contributed by atoms with Crippen LogP contribution in [0.1, 0.15) is 90.9 Å². The minimum absolute atomic E-state index is 0.561. The molecular formula is C21H37NO. The Kier molecular flexibility index (Phi) is 5.02. The Labute approximate surface area is 143 Å². The first-order valence-electron chi connectivity index (χ1n) is 10.7. The van der Waals surface area contributed by atoms with Crippen molar-refractivity contribution in [1.82, 2.24) is 4.90 Å². The molecule has 3 saturated carbocycles. The van der Waals surface area contributed by atoms with Gasteiger partial charge in [-0.05, 0) is 63.2 Å². The summed E-state index contributed by atoms with van der Waals surface area (Å²) in [5, 5.41) is 0. The molecule has 0 aromatic heterocycles. The van der Waals surface area contributed by atoms with E-state index in [1.54, 1.807) is 0 Å². The second kappa shape index (κ2) is 7.04. The van der Waals surface area contributed by atoms with E-state index in [0.717, 1.165) is 30.0 Å². The van der Waals surface area contributed by atoms with Gasteiger partial charge in [-0.15, -0.1) is 0 Å². The van der Waals surface area contributed by atoms with E-state index in [9.17, 15) is 0 Å². The molecule has 4 rings (SSSR count). The SMILES string of the molecule is CC(C)C1CCC(N2C3CCCCC3OC3CCCCC32)CC1. The van der Waals surface area contributed by atoms with Crippen molar-refractivity contribution in [2.24, 2.45) is 11.8 Å². The Hall–Kier alpha value is -0.0800. The van der Waals surface area contributed by atoms with E-state index < -0.39 is 0 Å². The van der Waals surface area contributed by atoms with Crippen molar-refractivity contribution < 1.29 is 4.74 Å². The molecule has 0 radical (unpaired) electrons. The molecule has 1 aliphatic heterocycles. The molecule has 3 aliphatic carbocycles. The summed E-state index contributed by atoms with van der Waals surface area (Å²) in [7, 11) is 0. The fourth-order valence-electron chi connectivity index (χ4n) is 6.23. The molecule has 1 saturated heterocycles. The van der Waals surface area contributed by atoms with Crippen LogP contribution in [0.5, 0.6) is 0 Å². The van der Waals surface area contributed by atoms with Crippen molar-refractivity contribution in [1.29, 1.82) is 0 Å². The van der Waals surface area contributed by atoms with Gasteiger partial charge >= 0.3 is 0 Å². The summed E-state index contributed by atoms with van der Waals surface area (Å²) in [6, 6.07) is 2.37. The van der Waals surface area contributed by atoms with Crippen molar-refractivity contribution in [3.8, 4) is 0 Å². The van der Waals surface area contributed by atoms with Crippen LogP contribution in [0, 0.1) is 11.8 Å². The molecule has 4 fully saturated rings. The van der Waals surface area contributed by atoms with Gasteiger partial charge in [0, 0.05) is 18.1 Å². The maximum atomic E-state index is 6.63. The highest BCUT2D eigenvalue weighted by Crippen LogP contribution is 2.43. The van der Waals surface area contributed by atoms with E-state index in [2.05, 4.69) is 18.7 Å². The maximum absolute atomic E-state index is 6.63. The van der Waals surface area contributed by atoms with Gasteiger partial charge in [-0.25, -0.2) is 0 Å². The van der Waals surface area contributed by atoms with E-state index in [1.165, 1.54) is 77.0 Å². The van der Waals surface area contributed by atoms with Crippen molar-refractivity contribution in [3.63, 3.8) is 0 Å². The molecule has 132 valence electrons. The molecule has 0 bridgehead atoms. The van der Waals surface area contributed by atoms with Crippen LogP contribution in [-0.2, 0) is 4.74 Å². The minimum Gasteiger partial charge on any atom is -0.372 e. The first kappa shape index (κ1) is 16.4. The highest BCUT2D eigenvalue weighted by molar-refractivity contribution is 5.00. The predicted molar refractivity (Wildman–Crippen MR) is 95.6 cm³/mol. The van der Waals surface area contributed by atoms with Crippen molar-refractivity contribution in [2.75, 3.05) is 0 Å². The van der Waals surface area contributed by atoms with Crippen LogP contribution in [0.4, 0.5) is 0 Å². The van der Waals surface area contributed by atoms with Gasteiger partial charge in [-0.3, -0.25) is 4.90 Å².